The smallest absolute Gasteiger partial charge is 0.254 e. The average molecular weight is 334 g/mol. The first-order valence-corrected chi connectivity index (χ1v) is 8.84. The van der Waals surface area contributed by atoms with Crippen molar-refractivity contribution < 1.29 is 14.7 Å². The molecule has 0 aromatic heterocycles. The zero-order valence-electron chi connectivity index (χ0n) is 13.0. The van der Waals surface area contributed by atoms with Gasteiger partial charge >= 0.3 is 0 Å². The average Bonchev–Trinajstić information content (AvgIpc) is 2.60. The zero-order chi connectivity index (χ0) is 16.7. The standard InChI is InChI=1S/C17H22N2O3S/c1-2-16(21)18-14-5-3-13(4-6-14)17(22)19(9-10-20)15-7-11-23-12-8-15/h2-6,15,20H,1,7-12H2,(H,18,21). The molecule has 2 amide bonds. The van der Waals surface area contributed by atoms with Crippen molar-refractivity contribution in [1.82, 2.24) is 4.90 Å². The maximum atomic E-state index is 12.7. The Kier molecular flexibility index (Phi) is 6.67. The quantitative estimate of drug-likeness (QED) is 0.782. The first-order chi connectivity index (χ1) is 11.2. The molecule has 0 radical (unpaired) electrons. The fourth-order valence-electron chi connectivity index (χ4n) is 2.61. The Morgan fingerprint density at radius 3 is 2.52 bits per heavy atom. The largest absolute Gasteiger partial charge is 0.395 e. The molecule has 0 spiro atoms. The molecule has 124 valence electrons. The number of carbonyl (C=O) groups excluding carboxylic acids is 2. The molecule has 0 unspecified atom stereocenters. The van der Waals surface area contributed by atoms with Crippen LogP contribution in [0.2, 0.25) is 0 Å². The fourth-order valence-corrected chi connectivity index (χ4v) is 3.69. The minimum absolute atomic E-state index is 0.0388. The molecule has 1 aromatic carbocycles. The Morgan fingerprint density at radius 1 is 1.30 bits per heavy atom. The Balaban J connectivity index is 2.09. The van der Waals surface area contributed by atoms with Crippen LogP contribution in [0.4, 0.5) is 5.69 Å². The lowest BCUT2D eigenvalue weighted by atomic mass is 10.1. The highest BCUT2D eigenvalue weighted by molar-refractivity contribution is 7.99. The highest BCUT2D eigenvalue weighted by atomic mass is 32.2. The number of anilines is 1. The van der Waals surface area contributed by atoms with Gasteiger partial charge in [-0.3, -0.25) is 9.59 Å². The van der Waals surface area contributed by atoms with Crippen molar-refractivity contribution in [3.8, 4) is 0 Å². The van der Waals surface area contributed by atoms with Crippen molar-refractivity contribution in [1.29, 1.82) is 0 Å². The lowest BCUT2D eigenvalue weighted by Crippen LogP contribution is -2.43. The van der Waals surface area contributed by atoms with Crippen molar-refractivity contribution in [2.75, 3.05) is 30.0 Å². The van der Waals surface area contributed by atoms with Crippen LogP contribution in [-0.2, 0) is 4.79 Å². The van der Waals surface area contributed by atoms with Gasteiger partial charge in [0.15, 0.2) is 0 Å². The summed E-state index contributed by atoms with van der Waals surface area (Å²) < 4.78 is 0. The second kappa shape index (κ2) is 8.74. The molecule has 1 saturated heterocycles. The van der Waals surface area contributed by atoms with Crippen LogP contribution < -0.4 is 5.32 Å². The van der Waals surface area contributed by atoms with Gasteiger partial charge in [-0.05, 0) is 54.7 Å². The Bertz CT molecular complexity index is 553. The molecule has 5 nitrogen and oxygen atoms in total. The second-order valence-electron chi connectivity index (χ2n) is 5.34. The van der Waals surface area contributed by atoms with Gasteiger partial charge in [0.1, 0.15) is 0 Å². The highest BCUT2D eigenvalue weighted by Gasteiger charge is 2.26. The summed E-state index contributed by atoms with van der Waals surface area (Å²) in [6, 6.07) is 6.98. The van der Waals surface area contributed by atoms with Crippen LogP contribution in [0.15, 0.2) is 36.9 Å². The zero-order valence-corrected chi connectivity index (χ0v) is 13.8. The highest BCUT2D eigenvalue weighted by Crippen LogP contribution is 2.23. The molecule has 1 aromatic rings. The number of hydrogen-bond donors (Lipinski definition) is 2. The molecule has 2 rings (SSSR count). The first-order valence-electron chi connectivity index (χ1n) is 7.68. The van der Waals surface area contributed by atoms with Gasteiger partial charge in [0.05, 0.1) is 6.61 Å². The predicted octanol–water partition coefficient (Wildman–Crippen LogP) is 2.14. The number of thioether (sulfide) groups is 1. The molecule has 2 N–H and O–H groups in total. The molecule has 6 heteroatoms. The van der Waals surface area contributed by atoms with Gasteiger partial charge < -0.3 is 15.3 Å². The summed E-state index contributed by atoms with van der Waals surface area (Å²) in [7, 11) is 0. The number of benzene rings is 1. The molecule has 0 saturated carbocycles. The maximum absolute atomic E-state index is 12.7. The van der Waals surface area contributed by atoms with E-state index in [-0.39, 0.29) is 24.5 Å². The topological polar surface area (TPSA) is 69.6 Å². The van der Waals surface area contributed by atoms with Gasteiger partial charge in [0.2, 0.25) is 5.91 Å². The van der Waals surface area contributed by atoms with Crippen LogP contribution in [0.25, 0.3) is 0 Å². The molecule has 0 atom stereocenters. The molecule has 1 aliphatic heterocycles. The summed E-state index contributed by atoms with van der Waals surface area (Å²) in [5.74, 6) is 1.74. The van der Waals surface area contributed by atoms with Crippen molar-refractivity contribution in [2.45, 2.75) is 18.9 Å². The van der Waals surface area contributed by atoms with Gasteiger partial charge in [-0.2, -0.15) is 11.8 Å². The third-order valence-corrected chi connectivity index (χ3v) is 4.87. The summed E-state index contributed by atoms with van der Waals surface area (Å²) in [6.45, 7) is 3.71. The Hall–Kier alpha value is -1.79. The Morgan fingerprint density at radius 2 is 1.96 bits per heavy atom. The molecule has 1 heterocycles. The van der Waals surface area contributed by atoms with E-state index in [0.717, 1.165) is 24.3 Å². The van der Waals surface area contributed by atoms with Crippen molar-refractivity contribution in [3.63, 3.8) is 0 Å². The van der Waals surface area contributed by atoms with E-state index in [2.05, 4.69) is 11.9 Å². The van der Waals surface area contributed by atoms with Gasteiger partial charge in [-0.25, -0.2) is 0 Å². The summed E-state index contributed by atoms with van der Waals surface area (Å²) in [6.07, 6.45) is 3.12. The van der Waals surface area contributed by atoms with Crippen LogP contribution in [-0.4, -0.2) is 52.5 Å². The monoisotopic (exact) mass is 334 g/mol. The van der Waals surface area contributed by atoms with Gasteiger partial charge in [0.25, 0.3) is 5.91 Å². The summed E-state index contributed by atoms with van der Waals surface area (Å²) >= 11 is 1.90. The summed E-state index contributed by atoms with van der Waals surface area (Å²) in [5, 5.41) is 11.9. The van der Waals surface area contributed by atoms with E-state index in [4.69, 9.17) is 0 Å². The minimum Gasteiger partial charge on any atom is -0.395 e. The van der Waals surface area contributed by atoms with E-state index in [1.807, 2.05) is 11.8 Å². The summed E-state index contributed by atoms with van der Waals surface area (Å²) in [5.41, 5.74) is 1.18. The molecule has 23 heavy (non-hydrogen) atoms. The van der Waals surface area contributed by atoms with Crippen molar-refractivity contribution in [3.05, 3.63) is 42.5 Å². The van der Waals surface area contributed by atoms with E-state index < -0.39 is 0 Å². The number of aliphatic hydroxyl groups excluding tert-OH is 1. The molecule has 0 bridgehead atoms. The normalized spacial score (nSPS) is 15.0. The Labute approximate surface area is 140 Å². The van der Waals surface area contributed by atoms with Crippen LogP contribution >= 0.6 is 11.8 Å². The van der Waals surface area contributed by atoms with Crippen LogP contribution in [0.5, 0.6) is 0 Å². The van der Waals surface area contributed by atoms with Gasteiger partial charge in [0, 0.05) is 23.8 Å². The number of rotatable bonds is 6. The number of hydrogen-bond acceptors (Lipinski definition) is 4. The minimum atomic E-state index is -0.286. The van der Waals surface area contributed by atoms with Crippen LogP contribution in [0.3, 0.4) is 0 Å². The van der Waals surface area contributed by atoms with E-state index in [1.54, 1.807) is 29.2 Å². The third kappa shape index (κ3) is 4.84. The maximum Gasteiger partial charge on any atom is 0.254 e. The number of nitrogens with one attached hydrogen (secondary N) is 1. The summed E-state index contributed by atoms with van der Waals surface area (Å²) in [4.78, 5) is 25.8. The van der Waals surface area contributed by atoms with Gasteiger partial charge in [-0.1, -0.05) is 6.58 Å². The van der Waals surface area contributed by atoms with E-state index in [9.17, 15) is 14.7 Å². The lowest BCUT2D eigenvalue weighted by Gasteiger charge is -2.34. The molecule has 0 aliphatic carbocycles. The van der Waals surface area contributed by atoms with E-state index in [1.165, 1.54) is 6.08 Å². The van der Waals surface area contributed by atoms with E-state index in [0.29, 0.717) is 17.8 Å². The molecule has 1 aliphatic rings. The number of amides is 2. The number of carbonyl (C=O) groups is 2. The number of aliphatic hydroxyl groups is 1. The predicted molar refractivity (Wildman–Crippen MR) is 93.7 cm³/mol. The fraction of sp³-hybridized carbons (Fsp3) is 0.412. The number of nitrogens with zero attached hydrogens (tertiary/aromatic N) is 1. The second-order valence-corrected chi connectivity index (χ2v) is 6.56. The lowest BCUT2D eigenvalue weighted by molar-refractivity contribution is -0.111. The van der Waals surface area contributed by atoms with Crippen molar-refractivity contribution >= 4 is 29.3 Å². The van der Waals surface area contributed by atoms with Crippen LogP contribution in [0, 0.1) is 0 Å². The third-order valence-electron chi connectivity index (χ3n) is 3.82. The molecule has 1 fully saturated rings. The molecular formula is C17H22N2O3S. The van der Waals surface area contributed by atoms with Crippen molar-refractivity contribution in [2.24, 2.45) is 0 Å². The van der Waals surface area contributed by atoms with E-state index >= 15 is 0 Å². The SMILES string of the molecule is C=CC(=O)Nc1ccc(C(=O)N(CCO)C2CCSCC2)cc1. The first kappa shape index (κ1) is 17.6. The molecular weight excluding hydrogens is 312 g/mol. The van der Waals surface area contributed by atoms with Crippen LogP contribution in [0.1, 0.15) is 23.2 Å². The van der Waals surface area contributed by atoms with Gasteiger partial charge in [-0.15, -0.1) is 0 Å².